The van der Waals surface area contributed by atoms with Crippen molar-refractivity contribution in [3.8, 4) is 0 Å². The molecule has 0 bridgehead atoms. The summed E-state index contributed by atoms with van der Waals surface area (Å²) < 4.78 is 2.95. The molecule has 1 fully saturated rings. The van der Waals surface area contributed by atoms with Gasteiger partial charge in [0, 0.05) is 6.54 Å². The van der Waals surface area contributed by atoms with Crippen molar-refractivity contribution in [3.05, 3.63) is 16.4 Å². The van der Waals surface area contributed by atoms with E-state index < -0.39 is 5.60 Å². The Balaban J connectivity index is 2.43. The summed E-state index contributed by atoms with van der Waals surface area (Å²) in [4.78, 5) is 0. The van der Waals surface area contributed by atoms with Gasteiger partial charge in [-0.25, -0.2) is 0 Å². The van der Waals surface area contributed by atoms with Crippen LogP contribution in [-0.4, -0.2) is 14.9 Å². The lowest BCUT2D eigenvalue weighted by molar-refractivity contribution is -0.0791. The summed E-state index contributed by atoms with van der Waals surface area (Å²) in [5.41, 5.74) is 0.268. The highest BCUT2D eigenvalue weighted by molar-refractivity contribution is 9.10. The van der Waals surface area contributed by atoms with Gasteiger partial charge in [0.25, 0.3) is 0 Å². The summed E-state index contributed by atoms with van der Waals surface area (Å²) >= 11 is 3.59. The van der Waals surface area contributed by atoms with E-state index in [9.17, 15) is 5.11 Å². The van der Waals surface area contributed by atoms with Crippen LogP contribution in [0.15, 0.2) is 10.7 Å². The molecule has 1 saturated carbocycles. The first-order valence-corrected chi connectivity index (χ1v) is 8.24. The van der Waals surface area contributed by atoms with E-state index >= 15 is 0 Å². The standard InChI is InChI=1S/C15H25BrN2O/c1-4-9-18-14(13(16)10-17-18)15(19)8-6-5-7-12(15)11(2)3/h10-12,19H,4-9H2,1-3H3. The molecule has 2 rings (SSSR count). The zero-order valence-corrected chi connectivity index (χ0v) is 13.8. The number of aliphatic hydroxyl groups is 1. The van der Waals surface area contributed by atoms with Crippen molar-refractivity contribution in [1.82, 2.24) is 9.78 Å². The SMILES string of the molecule is CCCn1ncc(Br)c1C1(O)CCCCC1C(C)C. The Morgan fingerprint density at radius 2 is 2.26 bits per heavy atom. The Labute approximate surface area is 124 Å². The number of rotatable bonds is 4. The highest BCUT2D eigenvalue weighted by Gasteiger charge is 2.45. The second-order valence-corrected chi connectivity index (χ2v) is 6.94. The van der Waals surface area contributed by atoms with Gasteiger partial charge in [0.2, 0.25) is 0 Å². The molecule has 0 spiro atoms. The van der Waals surface area contributed by atoms with Crippen molar-refractivity contribution < 1.29 is 5.11 Å². The molecule has 0 aliphatic heterocycles. The van der Waals surface area contributed by atoms with Crippen LogP contribution in [0.3, 0.4) is 0 Å². The van der Waals surface area contributed by atoms with Gasteiger partial charge >= 0.3 is 0 Å². The minimum atomic E-state index is -0.725. The molecule has 1 aliphatic rings. The van der Waals surface area contributed by atoms with E-state index in [0.29, 0.717) is 11.8 Å². The lowest BCUT2D eigenvalue weighted by Gasteiger charge is -2.42. The number of aromatic nitrogens is 2. The van der Waals surface area contributed by atoms with E-state index in [1.54, 1.807) is 0 Å². The molecule has 2 unspecified atom stereocenters. The molecule has 1 N–H and O–H groups in total. The highest BCUT2D eigenvalue weighted by Crippen LogP contribution is 2.47. The van der Waals surface area contributed by atoms with Crippen LogP contribution in [0.1, 0.15) is 58.6 Å². The molecule has 1 aromatic heterocycles. The Morgan fingerprint density at radius 3 is 2.89 bits per heavy atom. The van der Waals surface area contributed by atoms with Crippen LogP contribution in [0.2, 0.25) is 0 Å². The minimum absolute atomic E-state index is 0.324. The lowest BCUT2D eigenvalue weighted by Crippen LogP contribution is -2.42. The molecular formula is C15H25BrN2O. The Kier molecular flexibility index (Phi) is 4.72. The second-order valence-electron chi connectivity index (χ2n) is 6.08. The fourth-order valence-electron chi connectivity index (χ4n) is 3.54. The molecule has 1 aromatic rings. The maximum absolute atomic E-state index is 11.4. The van der Waals surface area contributed by atoms with Crippen LogP contribution in [-0.2, 0) is 12.1 Å². The van der Waals surface area contributed by atoms with Gasteiger partial charge in [-0.3, -0.25) is 4.68 Å². The van der Waals surface area contributed by atoms with Crippen LogP contribution in [0.4, 0.5) is 0 Å². The van der Waals surface area contributed by atoms with Crippen LogP contribution in [0.25, 0.3) is 0 Å². The summed E-state index contributed by atoms with van der Waals surface area (Å²) in [6.45, 7) is 7.45. The number of halogens is 1. The Hall–Kier alpha value is -0.350. The molecule has 0 aromatic carbocycles. The topological polar surface area (TPSA) is 38.0 Å². The zero-order chi connectivity index (χ0) is 14.0. The highest BCUT2D eigenvalue weighted by atomic mass is 79.9. The Bertz CT molecular complexity index is 430. The van der Waals surface area contributed by atoms with Crippen LogP contribution >= 0.6 is 15.9 Å². The maximum Gasteiger partial charge on any atom is 0.110 e. The quantitative estimate of drug-likeness (QED) is 0.903. The van der Waals surface area contributed by atoms with Gasteiger partial charge in [0.05, 0.1) is 16.4 Å². The van der Waals surface area contributed by atoms with E-state index in [1.165, 1.54) is 6.42 Å². The monoisotopic (exact) mass is 328 g/mol. The van der Waals surface area contributed by atoms with Crippen molar-refractivity contribution in [2.24, 2.45) is 11.8 Å². The molecule has 0 saturated heterocycles. The normalized spacial score (nSPS) is 28.0. The third kappa shape index (κ3) is 2.75. The van der Waals surface area contributed by atoms with Crippen molar-refractivity contribution in [3.63, 3.8) is 0 Å². The summed E-state index contributed by atoms with van der Waals surface area (Å²) in [6, 6.07) is 0. The Morgan fingerprint density at radius 1 is 1.53 bits per heavy atom. The molecule has 108 valence electrons. The van der Waals surface area contributed by atoms with Gasteiger partial charge in [0.1, 0.15) is 5.60 Å². The predicted octanol–water partition coefficient (Wildman–Crippen LogP) is 4.09. The summed E-state index contributed by atoms with van der Waals surface area (Å²) in [6.07, 6.45) is 7.15. The zero-order valence-electron chi connectivity index (χ0n) is 12.2. The average Bonchev–Trinajstić information content (AvgIpc) is 2.71. The van der Waals surface area contributed by atoms with E-state index in [2.05, 4.69) is 41.8 Å². The van der Waals surface area contributed by atoms with Gasteiger partial charge < -0.3 is 5.11 Å². The first kappa shape index (κ1) is 15.0. The number of hydrogen-bond donors (Lipinski definition) is 1. The fraction of sp³-hybridized carbons (Fsp3) is 0.800. The van der Waals surface area contributed by atoms with Crippen LogP contribution < -0.4 is 0 Å². The van der Waals surface area contributed by atoms with Crippen molar-refractivity contribution in [2.45, 2.75) is 65.0 Å². The summed E-state index contributed by atoms with van der Waals surface area (Å²) in [5.74, 6) is 0.812. The van der Waals surface area contributed by atoms with Gasteiger partial charge in [-0.15, -0.1) is 0 Å². The largest absolute Gasteiger partial charge is 0.383 e. The molecular weight excluding hydrogens is 304 g/mol. The number of hydrogen-bond acceptors (Lipinski definition) is 2. The van der Waals surface area contributed by atoms with E-state index in [4.69, 9.17) is 0 Å². The molecule has 2 atom stereocenters. The number of nitrogens with zero attached hydrogens (tertiary/aromatic N) is 2. The maximum atomic E-state index is 11.4. The van der Waals surface area contributed by atoms with Crippen molar-refractivity contribution in [2.75, 3.05) is 0 Å². The average molecular weight is 329 g/mol. The first-order valence-electron chi connectivity index (χ1n) is 7.44. The van der Waals surface area contributed by atoms with E-state index in [0.717, 1.165) is 42.4 Å². The van der Waals surface area contributed by atoms with E-state index in [-0.39, 0.29) is 0 Å². The minimum Gasteiger partial charge on any atom is -0.383 e. The lowest BCUT2D eigenvalue weighted by atomic mass is 9.68. The fourth-order valence-corrected chi connectivity index (χ4v) is 4.18. The smallest absolute Gasteiger partial charge is 0.110 e. The van der Waals surface area contributed by atoms with Gasteiger partial charge in [-0.2, -0.15) is 5.10 Å². The van der Waals surface area contributed by atoms with Gasteiger partial charge in [-0.05, 0) is 47.0 Å². The van der Waals surface area contributed by atoms with Crippen molar-refractivity contribution in [1.29, 1.82) is 0 Å². The number of aryl methyl sites for hydroxylation is 1. The molecule has 1 aliphatic carbocycles. The third-order valence-corrected chi connectivity index (χ3v) is 4.96. The second kappa shape index (κ2) is 5.96. The third-order valence-electron chi connectivity index (χ3n) is 4.38. The molecule has 0 amide bonds. The van der Waals surface area contributed by atoms with Crippen LogP contribution in [0, 0.1) is 11.8 Å². The first-order chi connectivity index (χ1) is 9.00. The van der Waals surface area contributed by atoms with Gasteiger partial charge in [-0.1, -0.05) is 33.6 Å². The molecule has 4 heteroatoms. The van der Waals surface area contributed by atoms with Crippen LogP contribution in [0.5, 0.6) is 0 Å². The molecule has 3 nitrogen and oxygen atoms in total. The molecule has 0 radical (unpaired) electrons. The molecule has 19 heavy (non-hydrogen) atoms. The summed E-state index contributed by atoms with van der Waals surface area (Å²) in [7, 11) is 0. The summed E-state index contributed by atoms with van der Waals surface area (Å²) in [5, 5.41) is 15.8. The van der Waals surface area contributed by atoms with Gasteiger partial charge in [0.15, 0.2) is 0 Å². The predicted molar refractivity (Wildman–Crippen MR) is 80.9 cm³/mol. The molecule has 1 heterocycles. The van der Waals surface area contributed by atoms with Crippen molar-refractivity contribution >= 4 is 15.9 Å². The van der Waals surface area contributed by atoms with E-state index in [1.807, 2.05) is 10.9 Å².